The van der Waals surface area contributed by atoms with Crippen molar-refractivity contribution >= 4 is 0 Å². The number of fused-ring (bicyclic) bond motifs is 3. The van der Waals surface area contributed by atoms with Crippen molar-refractivity contribution in [2.45, 2.75) is 18.9 Å². The van der Waals surface area contributed by atoms with Crippen molar-refractivity contribution in [2.24, 2.45) is 5.92 Å². The van der Waals surface area contributed by atoms with Crippen LogP contribution in [0.1, 0.15) is 12.8 Å². The second kappa shape index (κ2) is 3.11. The highest BCUT2D eigenvalue weighted by atomic mass is 15.2. The molecule has 11 heavy (non-hydrogen) atoms. The lowest BCUT2D eigenvalue weighted by Crippen LogP contribution is -2.55. The summed E-state index contributed by atoms with van der Waals surface area (Å²) in [5, 5.41) is 3.35. The molecule has 3 fully saturated rings. The summed E-state index contributed by atoms with van der Waals surface area (Å²) in [7, 11) is 0. The molecule has 2 nitrogen and oxygen atoms in total. The molecule has 2 radical (unpaired) electrons. The summed E-state index contributed by atoms with van der Waals surface area (Å²) in [4.78, 5) is 2.54. The highest BCUT2D eigenvalue weighted by Gasteiger charge is 2.32. The molecule has 0 amide bonds. The second-order valence-electron chi connectivity index (χ2n) is 3.65. The van der Waals surface area contributed by atoms with Gasteiger partial charge in [-0.05, 0) is 45.3 Å². The van der Waals surface area contributed by atoms with Gasteiger partial charge in [0.1, 0.15) is 0 Å². The van der Waals surface area contributed by atoms with E-state index in [2.05, 4.69) is 10.2 Å². The molecule has 62 valence electrons. The van der Waals surface area contributed by atoms with E-state index in [0.717, 1.165) is 5.92 Å². The van der Waals surface area contributed by atoms with Gasteiger partial charge in [0.05, 0.1) is 0 Å². The van der Waals surface area contributed by atoms with Gasteiger partial charge in [-0.25, -0.2) is 0 Å². The minimum absolute atomic E-state index is 0.634. The van der Waals surface area contributed by atoms with E-state index in [1.54, 1.807) is 0 Å². The zero-order chi connectivity index (χ0) is 7.68. The molecule has 1 N–H and O–H groups in total. The van der Waals surface area contributed by atoms with Crippen LogP contribution in [-0.4, -0.2) is 37.1 Å². The molecule has 3 rings (SSSR count). The van der Waals surface area contributed by atoms with Crippen molar-refractivity contribution in [1.29, 1.82) is 0 Å². The predicted molar refractivity (Wildman–Crippen MR) is 45.3 cm³/mol. The van der Waals surface area contributed by atoms with Gasteiger partial charge in [-0.3, -0.25) is 0 Å². The van der Waals surface area contributed by atoms with Crippen molar-refractivity contribution in [1.82, 2.24) is 10.2 Å². The van der Waals surface area contributed by atoms with E-state index in [0.29, 0.717) is 12.6 Å². The van der Waals surface area contributed by atoms with Crippen molar-refractivity contribution in [3.8, 4) is 0 Å². The van der Waals surface area contributed by atoms with Gasteiger partial charge < -0.3 is 10.2 Å². The third kappa shape index (κ3) is 1.42. The highest BCUT2D eigenvalue weighted by molar-refractivity contribution is 4.90. The number of piperidine rings is 3. The summed E-state index contributed by atoms with van der Waals surface area (Å²) in [5.74, 6) is 0.906. The molecule has 0 aromatic carbocycles. The average Bonchev–Trinajstić information content (AvgIpc) is 2.07. The first-order valence-corrected chi connectivity index (χ1v) is 4.56. The highest BCUT2D eigenvalue weighted by Crippen LogP contribution is 2.27. The number of nitrogens with zero attached hydrogens (tertiary/aromatic N) is 1. The van der Waals surface area contributed by atoms with Crippen molar-refractivity contribution in [3.63, 3.8) is 0 Å². The molecule has 0 aromatic rings. The summed E-state index contributed by atoms with van der Waals surface area (Å²) >= 11 is 0. The molecule has 0 aromatic heterocycles. The maximum Gasteiger partial charge on any atom is 0.0224 e. The van der Waals surface area contributed by atoms with Crippen molar-refractivity contribution in [2.75, 3.05) is 26.2 Å². The smallest absolute Gasteiger partial charge is 0.0224 e. The van der Waals surface area contributed by atoms with E-state index in [9.17, 15) is 0 Å². The van der Waals surface area contributed by atoms with Gasteiger partial charge in [-0.15, -0.1) is 0 Å². The van der Waals surface area contributed by atoms with Gasteiger partial charge in [-0.1, -0.05) is 0 Å². The predicted octanol–water partition coefficient (Wildman–Crippen LogP) is 0.381. The summed E-state index contributed by atoms with van der Waals surface area (Å²) in [6.07, 6.45) is 2.75. The third-order valence-electron chi connectivity index (χ3n) is 3.04. The number of hydrogen-bond donors (Lipinski definition) is 1. The Balaban J connectivity index is 1.92. The van der Waals surface area contributed by atoms with E-state index in [1.165, 1.54) is 32.5 Å². The Morgan fingerprint density at radius 3 is 2.55 bits per heavy atom. The third-order valence-corrected chi connectivity index (χ3v) is 3.04. The molecule has 1 unspecified atom stereocenters. The zero-order valence-electron chi connectivity index (χ0n) is 6.92. The van der Waals surface area contributed by atoms with Crippen LogP contribution in [0.2, 0.25) is 0 Å². The topological polar surface area (TPSA) is 15.3 Å². The van der Waals surface area contributed by atoms with Crippen molar-refractivity contribution < 1.29 is 0 Å². The van der Waals surface area contributed by atoms with Crippen LogP contribution in [0.3, 0.4) is 0 Å². The molecule has 3 aliphatic heterocycles. The van der Waals surface area contributed by atoms with Crippen molar-refractivity contribution in [3.05, 3.63) is 6.92 Å². The SMILES string of the molecule is [CH]CNC1CN2CCC1CC2. The first kappa shape index (κ1) is 7.56. The lowest BCUT2D eigenvalue weighted by atomic mass is 9.84. The van der Waals surface area contributed by atoms with E-state index in [-0.39, 0.29) is 0 Å². The minimum Gasteiger partial charge on any atom is -0.312 e. The molecule has 0 aliphatic carbocycles. The van der Waals surface area contributed by atoms with Crippen LogP contribution in [0, 0.1) is 12.8 Å². The number of hydrogen-bond acceptors (Lipinski definition) is 2. The van der Waals surface area contributed by atoms with Crippen LogP contribution >= 0.6 is 0 Å². The fraction of sp³-hybridized carbons (Fsp3) is 0.889. The Bertz CT molecular complexity index is 128. The van der Waals surface area contributed by atoms with Gasteiger partial charge >= 0.3 is 0 Å². The maximum atomic E-state index is 5.46. The van der Waals surface area contributed by atoms with Gasteiger partial charge in [0.2, 0.25) is 0 Å². The molecular formula is C9H16N2. The largest absolute Gasteiger partial charge is 0.312 e. The second-order valence-corrected chi connectivity index (χ2v) is 3.65. The Kier molecular flexibility index (Phi) is 2.14. The molecule has 1 atom stereocenters. The Morgan fingerprint density at radius 1 is 1.36 bits per heavy atom. The van der Waals surface area contributed by atoms with Crippen LogP contribution in [0.25, 0.3) is 0 Å². The first-order valence-electron chi connectivity index (χ1n) is 4.56. The molecule has 2 heteroatoms. The van der Waals surface area contributed by atoms with Crippen LogP contribution in [0.5, 0.6) is 0 Å². The molecule has 0 spiro atoms. The quantitative estimate of drug-likeness (QED) is 0.615. The first-order chi connectivity index (χ1) is 5.40. The molecule has 3 saturated heterocycles. The fourth-order valence-electron chi connectivity index (χ4n) is 2.35. The van der Waals surface area contributed by atoms with Gasteiger partial charge in [0, 0.05) is 12.6 Å². The summed E-state index contributed by atoms with van der Waals surface area (Å²) in [6, 6.07) is 0.683. The normalized spacial score (nSPS) is 42.8. The van der Waals surface area contributed by atoms with Gasteiger partial charge in [0.15, 0.2) is 0 Å². The van der Waals surface area contributed by atoms with Crippen LogP contribution in [0.15, 0.2) is 0 Å². The Hall–Kier alpha value is -0.0800. The maximum absolute atomic E-state index is 5.46. The standard InChI is InChI=1S/C9H16N2/c1-2-10-9-7-11-5-3-8(9)4-6-11/h1,8-10H,2-7H2. The zero-order valence-corrected chi connectivity index (χ0v) is 6.92. The lowest BCUT2D eigenvalue weighted by molar-refractivity contribution is 0.0744. The minimum atomic E-state index is 0.634. The molecule has 2 bridgehead atoms. The number of nitrogens with one attached hydrogen (secondary N) is 1. The summed E-state index contributed by atoms with van der Waals surface area (Å²) < 4.78 is 0. The van der Waals surface area contributed by atoms with Gasteiger partial charge in [-0.2, -0.15) is 0 Å². The van der Waals surface area contributed by atoms with Crippen LogP contribution < -0.4 is 5.32 Å². The molecule has 3 heterocycles. The van der Waals surface area contributed by atoms with E-state index < -0.39 is 0 Å². The number of rotatable bonds is 2. The molecule has 0 saturated carbocycles. The van der Waals surface area contributed by atoms with E-state index >= 15 is 0 Å². The summed E-state index contributed by atoms with van der Waals surface area (Å²) in [5.41, 5.74) is 0. The molecular weight excluding hydrogens is 136 g/mol. The van der Waals surface area contributed by atoms with Gasteiger partial charge in [0.25, 0.3) is 0 Å². The monoisotopic (exact) mass is 152 g/mol. The average molecular weight is 152 g/mol. The van der Waals surface area contributed by atoms with Crippen LogP contribution in [-0.2, 0) is 0 Å². The lowest BCUT2D eigenvalue weighted by Gasteiger charge is -2.45. The van der Waals surface area contributed by atoms with E-state index in [1.807, 2.05) is 0 Å². The Labute approximate surface area is 69.0 Å². The summed E-state index contributed by atoms with van der Waals surface area (Å²) in [6.45, 7) is 9.95. The Morgan fingerprint density at radius 2 is 2.09 bits per heavy atom. The van der Waals surface area contributed by atoms with E-state index in [4.69, 9.17) is 6.92 Å². The fourth-order valence-corrected chi connectivity index (χ4v) is 2.35. The molecule has 3 aliphatic rings. The van der Waals surface area contributed by atoms with Crippen LogP contribution in [0.4, 0.5) is 0 Å².